The van der Waals surface area contributed by atoms with Crippen LogP contribution in [0.5, 0.6) is 0 Å². The lowest BCUT2D eigenvalue weighted by Crippen LogP contribution is -2.22. The lowest BCUT2D eigenvalue weighted by Gasteiger charge is -2.03. The Morgan fingerprint density at radius 2 is 2.25 bits per heavy atom. The van der Waals surface area contributed by atoms with Gasteiger partial charge in [-0.1, -0.05) is 17.7 Å². The zero-order valence-corrected chi connectivity index (χ0v) is 10.0. The van der Waals surface area contributed by atoms with E-state index in [4.69, 9.17) is 11.6 Å². The second-order valence-electron chi connectivity index (χ2n) is 3.32. The average molecular weight is 252 g/mol. The largest absolute Gasteiger partial charge is 0.348 e. The van der Waals surface area contributed by atoms with Crippen molar-refractivity contribution in [1.29, 1.82) is 0 Å². The fourth-order valence-corrected chi connectivity index (χ4v) is 2.17. The first kappa shape index (κ1) is 11.2. The van der Waals surface area contributed by atoms with Gasteiger partial charge in [-0.2, -0.15) is 11.3 Å². The Hall–Kier alpha value is -1.32. The molecule has 0 aliphatic rings. The summed E-state index contributed by atoms with van der Waals surface area (Å²) in [5, 5.41) is 7.41. The number of carbonyl (C=O) groups is 1. The molecule has 0 saturated heterocycles. The maximum Gasteiger partial charge on any atom is 0.251 e. The van der Waals surface area contributed by atoms with Gasteiger partial charge in [0.25, 0.3) is 5.91 Å². The van der Waals surface area contributed by atoms with Crippen LogP contribution < -0.4 is 5.32 Å². The van der Waals surface area contributed by atoms with Crippen molar-refractivity contribution in [3.63, 3.8) is 0 Å². The number of rotatable bonds is 3. The van der Waals surface area contributed by atoms with E-state index >= 15 is 0 Å². The van der Waals surface area contributed by atoms with Gasteiger partial charge in [0.05, 0.1) is 0 Å². The number of carbonyl (C=O) groups excluding carboxylic acids is 1. The fraction of sp³-hybridized carbons (Fsp3) is 0.0833. The molecule has 2 nitrogen and oxygen atoms in total. The minimum Gasteiger partial charge on any atom is -0.348 e. The number of hydrogen-bond acceptors (Lipinski definition) is 2. The molecule has 1 heterocycles. The van der Waals surface area contributed by atoms with Gasteiger partial charge in [0.2, 0.25) is 0 Å². The van der Waals surface area contributed by atoms with Crippen LogP contribution in [0.2, 0.25) is 5.02 Å². The van der Waals surface area contributed by atoms with Crippen LogP contribution in [0.1, 0.15) is 15.9 Å². The van der Waals surface area contributed by atoms with Crippen LogP contribution in [0.3, 0.4) is 0 Å². The molecule has 1 aromatic heterocycles. The summed E-state index contributed by atoms with van der Waals surface area (Å²) in [4.78, 5) is 11.7. The van der Waals surface area contributed by atoms with Crippen LogP contribution in [0.4, 0.5) is 0 Å². The van der Waals surface area contributed by atoms with Crippen molar-refractivity contribution in [3.05, 3.63) is 57.2 Å². The minimum atomic E-state index is -0.103. The number of thiophene rings is 1. The van der Waals surface area contributed by atoms with Gasteiger partial charge in [-0.25, -0.2) is 0 Å². The number of benzene rings is 1. The first-order valence-corrected chi connectivity index (χ1v) is 6.12. The molecule has 1 aromatic carbocycles. The highest BCUT2D eigenvalue weighted by atomic mass is 35.5. The SMILES string of the molecule is O=C(NCc1ccsc1)c1cccc(Cl)c1. The van der Waals surface area contributed by atoms with Crippen molar-refractivity contribution in [1.82, 2.24) is 5.32 Å². The molecule has 0 spiro atoms. The molecule has 82 valence electrons. The van der Waals surface area contributed by atoms with Gasteiger partial charge in [-0.05, 0) is 40.6 Å². The van der Waals surface area contributed by atoms with Gasteiger partial charge in [0, 0.05) is 17.1 Å². The van der Waals surface area contributed by atoms with Crippen molar-refractivity contribution in [3.8, 4) is 0 Å². The van der Waals surface area contributed by atoms with Gasteiger partial charge in [-0.3, -0.25) is 4.79 Å². The maximum atomic E-state index is 11.7. The van der Waals surface area contributed by atoms with Crippen LogP contribution in [0, 0.1) is 0 Å². The molecule has 0 saturated carbocycles. The molecule has 1 N–H and O–H groups in total. The molecule has 0 fully saturated rings. The summed E-state index contributed by atoms with van der Waals surface area (Å²) >= 11 is 7.43. The molecule has 1 amide bonds. The lowest BCUT2D eigenvalue weighted by molar-refractivity contribution is 0.0951. The van der Waals surface area contributed by atoms with Crippen molar-refractivity contribution in [2.24, 2.45) is 0 Å². The van der Waals surface area contributed by atoms with E-state index in [2.05, 4.69) is 5.32 Å². The first-order chi connectivity index (χ1) is 7.75. The van der Waals surface area contributed by atoms with Crippen LogP contribution in [0.15, 0.2) is 41.1 Å². The molecule has 0 atom stereocenters. The lowest BCUT2D eigenvalue weighted by atomic mass is 10.2. The zero-order valence-electron chi connectivity index (χ0n) is 8.44. The smallest absolute Gasteiger partial charge is 0.251 e. The normalized spacial score (nSPS) is 10.1. The van der Waals surface area contributed by atoms with Crippen LogP contribution in [-0.4, -0.2) is 5.91 Å². The van der Waals surface area contributed by atoms with Crippen molar-refractivity contribution in [2.75, 3.05) is 0 Å². The van der Waals surface area contributed by atoms with Crippen molar-refractivity contribution >= 4 is 28.8 Å². The van der Waals surface area contributed by atoms with E-state index in [1.807, 2.05) is 16.8 Å². The van der Waals surface area contributed by atoms with Gasteiger partial charge in [0.1, 0.15) is 0 Å². The standard InChI is InChI=1S/C12H10ClNOS/c13-11-3-1-2-10(6-11)12(15)14-7-9-4-5-16-8-9/h1-6,8H,7H2,(H,14,15). The van der Waals surface area contributed by atoms with E-state index in [-0.39, 0.29) is 5.91 Å². The molecular formula is C12H10ClNOS. The van der Waals surface area contributed by atoms with E-state index in [1.165, 1.54) is 0 Å². The maximum absolute atomic E-state index is 11.7. The number of nitrogens with one attached hydrogen (secondary N) is 1. The van der Waals surface area contributed by atoms with Crippen molar-refractivity contribution < 1.29 is 4.79 Å². The van der Waals surface area contributed by atoms with E-state index in [0.29, 0.717) is 17.1 Å². The quantitative estimate of drug-likeness (QED) is 0.891. The van der Waals surface area contributed by atoms with Gasteiger partial charge in [0.15, 0.2) is 0 Å². The number of amides is 1. The molecule has 0 aliphatic carbocycles. The molecular weight excluding hydrogens is 242 g/mol. The second-order valence-corrected chi connectivity index (χ2v) is 4.54. The topological polar surface area (TPSA) is 29.1 Å². The third kappa shape index (κ3) is 2.84. The Labute approximate surface area is 103 Å². The fourth-order valence-electron chi connectivity index (χ4n) is 1.31. The minimum absolute atomic E-state index is 0.103. The molecule has 0 radical (unpaired) electrons. The second kappa shape index (κ2) is 5.14. The van der Waals surface area contributed by atoms with Crippen LogP contribution >= 0.6 is 22.9 Å². The monoisotopic (exact) mass is 251 g/mol. The van der Waals surface area contributed by atoms with E-state index < -0.39 is 0 Å². The Balaban J connectivity index is 1.98. The third-order valence-electron chi connectivity index (χ3n) is 2.12. The number of hydrogen-bond donors (Lipinski definition) is 1. The summed E-state index contributed by atoms with van der Waals surface area (Å²) in [7, 11) is 0. The highest BCUT2D eigenvalue weighted by Crippen LogP contribution is 2.11. The summed E-state index contributed by atoms with van der Waals surface area (Å²) in [6.45, 7) is 0.550. The predicted octanol–water partition coefficient (Wildman–Crippen LogP) is 3.33. The molecule has 4 heteroatoms. The Bertz CT molecular complexity index is 482. The average Bonchev–Trinajstić information content (AvgIpc) is 2.78. The summed E-state index contributed by atoms with van der Waals surface area (Å²) in [6.07, 6.45) is 0. The molecule has 0 unspecified atom stereocenters. The Morgan fingerprint density at radius 3 is 2.94 bits per heavy atom. The Kier molecular flexibility index (Phi) is 3.59. The summed E-state index contributed by atoms with van der Waals surface area (Å²) in [5.41, 5.74) is 1.70. The summed E-state index contributed by atoms with van der Waals surface area (Å²) in [6, 6.07) is 8.90. The molecule has 2 aromatic rings. The first-order valence-electron chi connectivity index (χ1n) is 4.80. The number of halogens is 1. The molecule has 2 rings (SSSR count). The van der Waals surface area contributed by atoms with Gasteiger partial charge < -0.3 is 5.32 Å². The summed E-state index contributed by atoms with van der Waals surface area (Å²) < 4.78 is 0. The van der Waals surface area contributed by atoms with E-state index in [1.54, 1.807) is 35.6 Å². The highest BCUT2D eigenvalue weighted by molar-refractivity contribution is 7.07. The molecule has 0 bridgehead atoms. The molecule has 16 heavy (non-hydrogen) atoms. The van der Waals surface area contributed by atoms with E-state index in [0.717, 1.165) is 5.56 Å². The van der Waals surface area contributed by atoms with Crippen LogP contribution in [-0.2, 0) is 6.54 Å². The van der Waals surface area contributed by atoms with Gasteiger partial charge in [-0.15, -0.1) is 0 Å². The zero-order chi connectivity index (χ0) is 11.4. The predicted molar refractivity (Wildman–Crippen MR) is 66.9 cm³/mol. The summed E-state index contributed by atoms with van der Waals surface area (Å²) in [5.74, 6) is -0.103. The van der Waals surface area contributed by atoms with E-state index in [9.17, 15) is 4.79 Å². The molecule has 0 aliphatic heterocycles. The van der Waals surface area contributed by atoms with Crippen molar-refractivity contribution in [2.45, 2.75) is 6.54 Å². The third-order valence-corrected chi connectivity index (χ3v) is 3.09. The van der Waals surface area contributed by atoms with Crippen LogP contribution in [0.25, 0.3) is 0 Å². The Morgan fingerprint density at radius 1 is 1.38 bits per heavy atom. The van der Waals surface area contributed by atoms with Gasteiger partial charge >= 0.3 is 0 Å². The highest BCUT2D eigenvalue weighted by Gasteiger charge is 2.05.